The van der Waals surface area contributed by atoms with Crippen molar-refractivity contribution in [3.63, 3.8) is 0 Å². The van der Waals surface area contributed by atoms with Crippen LogP contribution in [-0.2, 0) is 13.0 Å². The Kier molecular flexibility index (Phi) is 4.69. The minimum atomic E-state index is -0.305. The van der Waals surface area contributed by atoms with Gasteiger partial charge in [0.1, 0.15) is 11.6 Å². The topological polar surface area (TPSA) is 41.6 Å². The number of carbonyl (C=O) groups excluding carboxylic acids is 1. The smallest absolute Gasteiger partial charge is 0.322 e. The van der Waals surface area contributed by atoms with E-state index in [1.807, 2.05) is 19.1 Å². The number of nitrogens with one attached hydrogen (secondary N) is 1. The zero-order valence-corrected chi connectivity index (χ0v) is 13.9. The van der Waals surface area contributed by atoms with Crippen LogP contribution < -0.4 is 10.1 Å². The molecule has 0 saturated heterocycles. The number of ether oxygens (including phenoxy) is 1. The molecule has 0 spiro atoms. The van der Waals surface area contributed by atoms with Crippen LogP contribution in [0.15, 0.2) is 36.4 Å². The number of rotatable bonds is 3. The summed E-state index contributed by atoms with van der Waals surface area (Å²) in [4.78, 5) is 14.3. The van der Waals surface area contributed by atoms with Crippen molar-refractivity contribution < 1.29 is 13.9 Å². The highest BCUT2D eigenvalue weighted by Gasteiger charge is 2.21. The first-order valence-corrected chi connectivity index (χ1v) is 8.13. The minimum absolute atomic E-state index is 0.169. The van der Waals surface area contributed by atoms with E-state index in [9.17, 15) is 9.18 Å². The molecule has 3 rings (SSSR count). The summed E-state index contributed by atoms with van der Waals surface area (Å²) in [6.45, 7) is 5.55. The molecule has 1 aliphatic rings. The van der Waals surface area contributed by atoms with Crippen molar-refractivity contribution in [1.29, 1.82) is 0 Å². The van der Waals surface area contributed by atoms with Crippen molar-refractivity contribution in [3.05, 3.63) is 58.9 Å². The number of anilines is 1. The molecule has 0 aliphatic carbocycles. The number of nitrogens with zero attached hydrogens (tertiary/aromatic N) is 1. The minimum Gasteiger partial charge on any atom is -0.494 e. The summed E-state index contributed by atoms with van der Waals surface area (Å²) < 4.78 is 18.7. The molecule has 0 radical (unpaired) electrons. The van der Waals surface area contributed by atoms with Crippen molar-refractivity contribution in [3.8, 4) is 5.75 Å². The molecule has 1 N–H and O–H groups in total. The van der Waals surface area contributed by atoms with Gasteiger partial charge in [0.15, 0.2) is 0 Å². The van der Waals surface area contributed by atoms with Gasteiger partial charge in [-0.05, 0) is 67.3 Å². The molecule has 2 aromatic rings. The Bertz CT molecular complexity index is 761. The van der Waals surface area contributed by atoms with Crippen molar-refractivity contribution in [2.75, 3.05) is 18.5 Å². The lowest BCUT2D eigenvalue weighted by atomic mass is 10.00. The van der Waals surface area contributed by atoms with Crippen molar-refractivity contribution >= 4 is 11.7 Å². The standard InChI is InChI=1S/C19H21FN2O2/c1-3-24-17-6-4-14-8-9-22(12-15(14)11-17)19(23)21-18-7-5-16(20)10-13(18)2/h4-7,10-11H,3,8-9,12H2,1-2H3,(H,21,23). The van der Waals surface area contributed by atoms with Gasteiger partial charge in [-0.25, -0.2) is 9.18 Å². The maximum Gasteiger partial charge on any atom is 0.322 e. The van der Waals surface area contributed by atoms with Crippen LogP contribution in [0.1, 0.15) is 23.6 Å². The molecule has 1 aliphatic heterocycles. The summed E-state index contributed by atoms with van der Waals surface area (Å²) in [5, 5.41) is 2.87. The summed E-state index contributed by atoms with van der Waals surface area (Å²) >= 11 is 0. The number of hydrogen-bond donors (Lipinski definition) is 1. The number of carbonyl (C=O) groups is 1. The van der Waals surface area contributed by atoms with Gasteiger partial charge in [-0.2, -0.15) is 0 Å². The van der Waals surface area contributed by atoms with Crippen LogP contribution >= 0.6 is 0 Å². The summed E-state index contributed by atoms with van der Waals surface area (Å²) in [7, 11) is 0. The zero-order valence-electron chi connectivity index (χ0n) is 13.9. The molecular formula is C19H21FN2O2. The third-order valence-electron chi connectivity index (χ3n) is 4.22. The largest absolute Gasteiger partial charge is 0.494 e. The average Bonchev–Trinajstić information content (AvgIpc) is 2.57. The van der Waals surface area contributed by atoms with Crippen LogP contribution in [0.2, 0.25) is 0 Å². The third-order valence-corrected chi connectivity index (χ3v) is 4.22. The van der Waals surface area contributed by atoms with Crippen molar-refractivity contribution in [2.45, 2.75) is 26.8 Å². The first-order valence-electron chi connectivity index (χ1n) is 8.13. The molecule has 0 bridgehead atoms. The fourth-order valence-corrected chi connectivity index (χ4v) is 2.92. The van der Waals surface area contributed by atoms with E-state index in [4.69, 9.17) is 4.74 Å². The van der Waals surface area contributed by atoms with E-state index in [0.29, 0.717) is 30.9 Å². The third kappa shape index (κ3) is 3.50. The van der Waals surface area contributed by atoms with Gasteiger partial charge >= 0.3 is 6.03 Å². The molecule has 2 aromatic carbocycles. The highest BCUT2D eigenvalue weighted by molar-refractivity contribution is 5.90. The molecule has 0 saturated carbocycles. The maximum atomic E-state index is 13.2. The van der Waals surface area contributed by atoms with Gasteiger partial charge in [0.05, 0.1) is 6.61 Å². The second-order valence-corrected chi connectivity index (χ2v) is 5.92. The SMILES string of the molecule is CCOc1ccc2c(c1)CN(C(=O)Nc1ccc(F)cc1C)CC2. The number of benzene rings is 2. The molecule has 0 unspecified atom stereocenters. The fourth-order valence-electron chi connectivity index (χ4n) is 2.92. The predicted molar refractivity (Wildman–Crippen MR) is 91.9 cm³/mol. The number of hydrogen-bond acceptors (Lipinski definition) is 2. The van der Waals surface area contributed by atoms with E-state index in [-0.39, 0.29) is 11.8 Å². The van der Waals surface area contributed by atoms with Gasteiger partial charge in [-0.3, -0.25) is 0 Å². The van der Waals surface area contributed by atoms with E-state index in [2.05, 4.69) is 11.4 Å². The second-order valence-electron chi connectivity index (χ2n) is 5.92. The van der Waals surface area contributed by atoms with Crippen LogP contribution in [0.5, 0.6) is 5.75 Å². The summed E-state index contributed by atoms with van der Waals surface area (Å²) in [6.07, 6.45) is 0.817. The number of amides is 2. The normalized spacial score (nSPS) is 13.4. The van der Waals surface area contributed by atoms with Gasteiger partial charge in [-0.15, -0.1) is 0 Å². The summed E-state index contributed by atoms with van der Waals surface area (Å²) in [5.74, 6) is 0.522. The Morgan fingerprint density at radius 3 is 2.83 bits per heavy atom. The first kappa shape index (κ1) is 16.3. The Labute approximate surface area is 141 Å². The van der Waals surface area contributed by atoms with Gasteiger partial charge in [-0.1, -0.05) is 6.07 Å². The molecule has 1 heterocycles. The quantitative estimate of drug-likeness (QED) is 0.921. The van der Waals surface area contributed by atoms with Crippen molar-refractivity contribution in [2.24, 2.45) is 0 Å². The maximum absolute atomic E-state index is 13.2. The second kappa shape index (κ2) is 6.91. The number of halogens is 1. The van der Waals surface area contributed by atoms with Gasteiger partial charge < -0.3 is 15.0 Å². The van der Waals surface area contributed by atoms with Gasteiger partial charge in [0.2, 0.25) is 0 Å². The van der Waals surface area contributed by atoms with E-state index in [1.54, 1.807) is 17.9 Å². The van der Waals surface area contributed by atoms with E-state index in [0.717, 1.165) is 17.7 Å². The highest BCUT2D eigenvalue weighted by Crippen LogP contribution is 2.25. The number of fused-ring (bicyclic) bond motifs is 1. The van der Waals surface area contributed by atoms with Crippen LogP contribution in [0.4, 0.5) is 14.9 Å². The molecule has 126 valence electrons. The lowest BCUT2D eigenvalue weighted by Crippen LogP contribution is -2.39. The Morgan fingerprint density at radius 2 is 2.08 bits per heavy atom. The average molecular weight is 328 g/mol. The van der Waals surface area contributed by atoms with Gasteiger partial charge in [0.25, 0.3) is 0 Å². The Hall–Kier alpha value is -2.56. The molecular weight excluding hydrogens is 307 g/mol. The van der Waals surface area contributed by atoms with Crippen LogP contribution in [0.3, 0.4) is 0 Å². The summed E-state index contributed by atoms with van der Waals surface area (Å²) in [6, 6.07) is 10.2. The molecule has 0 aromatic heterocycles. The molecule has 0 atom stereocenters. The Balaban J connectivity index is 1.72. The molecule has 4 nitrogen and oxygen atoms in total. The molecule has 24 heavy (non-hydrogen) atoms. The van der Waals surface area contributed by atoms with Crippen LogP contribution in [0.25, 0.3) is 0 Å². The lowest BCUT2D eigenvalue weighted by Gasteiger charge is -2.29. The van der Waals surface area contributed by atoms with E-state index >= 15 is 0 Å². The summed E-state index contributed by atoms with van der Waals surface area (Å²) in [5.41, 5.74) is 3.70. The zero-order chi connectivity index (χ0) is 17.1. The molecule has 5 heteroatoms. The monoisotopic (exact) mass is 328 g/mol. The number of urea groups is 1. The lowest BCUT2D eigenvalue weighted by molar-refractivity contribution is 0.206. The van der Waals surface area contributed by atoms with E-state index in [1.165, 1.54) is 17.7 Å². The fraction of sp³-hybridized carbons (Fsp3) is 0.316. The molecule has 2 amide bonds. The van der Waals surface area contributed by atoms with Crippen LogP contribution in [0, 0.1) is 12.7 Å². The van der Waals surface area contributed by atoms with Crippen molar-refractivity contribution in [1.82, 2.24) is 4.90 Å². The first-order chi connectivity index (χ1) is 11.6. The van der Waals surface area contributed by atoms with Crippen LogP contribution in [-0.4, -0.2) is 24.1 Å². The predicted octanol–water partition coefficient (Wildman–Crippen LogP) is 4.12. The van der Waals surface area contributed by atoms with E-state index < -0.39 is 0 Å². The Morgan fingerprint density at radius 1 is 1.25 bits per heavy atom. The van der Waals surface area contributed by atoms with Gasteiger partial charge in [0, 0.05) is 18.8 Å². The molecule has 0 fully saturated rings. The highest BCUT2D eigenvalue weighted by atomic mass is 19.1. The number of aryl methyl sites for hydroxylation is 1.